The Hall–Kier alpha value is -2.61. The van der Waals surface area contributed by atoms with Crippen LogP contribution in [-0.2, 0) is 0 Å². The molecule has 1 aromatic carbocycles. The van der Waals surface area contributed by atoms with E-state index in [4.69, 9.17) is 4.74 Å². The Balaban J connectivity index is 1.86. The first-order valence-corrected chi connectivity index (χ1v) is 6.98. The van der Waals surface area contributed by atoms with Crippen LogP contribution in [0.5, 0.6) is 5.88 Å². The highest BCUT2D eigenvalue weighted by Gasteiger charge is 2.12. The summed E-state index contributed by atoms with van der Waals surface area (Å²) in [5, 5.41) is 2.78. The van der Waals surface area contributed by atoms with Crippen LogP contribution < -0.4 is 10.1 Å². The Labute approximate surface area is 124 Å². The lowest BCUT2D eigenvalue weighted by molar-refractivity contribution is 0.102. The fraction of sp³-hybridized carbons (Fsp3) is 0.154. The van der Waals surface area contributed by atoms with Gasteiger partial charge in [0.1, 0.15) is 23.1 Å². The summed E-state index contributed by atoms with van der Waals surface area (Å²) in [6, 6.07) is 6.92. The van der Waals surface area contributed by atoms with Crippen LogP contribution in [-0.4, -0.2) is 31.2 Å². The molecule has 0 fully saturated rings. The number of anilines is 1. The van der Waals surface area contributed by atoms with Crippen molar-refractivity contribution in [3.05, 3.63) is 36.3 Å². The van der Waals surface area contributed by atoms with Crippen molar-refractivity contribution in [3.8, 4) is 5.88 Å². The van der Waals surface area contributed by atoms with Crippen LogP contribution in [0.2, 0.25) is 0 Å². The van der Waals surface area contributed by atoms with Crippen molar-refractivity contribution in [2.45, 2.75) is 6.92 Å². The zero-order valence-electron chi connectivity index (χ0n) is 11.1. The molecule has 3 rings (SSSR count). The zero-order chi connectivity index (χ0) is 14.7. The smallest absolute Gasteiger partial charge is 0.274 e. The van der Waals surface area contributed by atoms with Gasteiger partial charge in [-0.15, -0.1) is 0 Å². The van der Waals surface area contributed by atoms with Gasteiger partial charge in [-0.1, -0.05) is 6.07 Å². The molecular weight excluding hydrogens is 290 g/mol. The van der Waals surface area contributed by atoms with Gasteiger partial charge in [0.2, 0.25) is 5.88 Å². The van der Waals surface area contributed by atoms with Crippen LogP contribution >= 0.6 is 11.7 Å². The molecule has 0 aliphatic heterocycles. The predicted molar refractivity (Wildman–Crippen MR) is 78.6 cm³/mol. The lowest BCUT2D eigenvalue weighted by atomic mass is 10.2. The molecule has 0 bridgehead atoms. The fourth-order valence-electron chi connectivity index (χ4n) is 1.78. The monoisotopic (exact) mass is 301 g/mol. The molecule has 8 heteroatoms. The molecule has 0 aliphatic carbocycles. The quantitative estimate of drug-likeness (QED) is 0.794. The molecule has 1 N–H and O–H groups in total. The molecule has 0 radical (unpaired) electrons. The first-order valence-electron chi connectivity index (χ1n) is 6.25. The summed E-state index contributed by atoms with van der Waals surface area (Å²) < 4.78 is 13.6. The first-order chi connectivity index (χ1) is 10.3. The van der Waals surface area contributed by atoms with Gasteiger partial charge in [-0.2, -0.15) is 8.75 Å². The minimum absolute atomic E-state index is 0.230. The summed E-state index contributed by atoms with van der Waals surface area (Å²) in [6.45, 7) is 2.32. The topological polar surface area (TPSA) is 89.9 Å². The van der Waals surface area contributed by atoms with Crippen molar-refractivity contribution in [2.24, 2.45) is 0 Å². The molecule has 7 nitrogen and oxygen atoms in total. The number of benzene rings is 1. The highest BCUT2D eigenvalue weighted by molar-refractivity contribution is 7.00. The second-order valence-electron chi connectivity index (χ2n) is 4.07. The SMILES string of the molecule is CCOc1cc(C(=O)Nc2cccc3nsnc23)ncn1. The third-order valence-corrected chi connectivity index (χ3v) is 3.24. The second kappa shape index (κ2) is 5.80. The Morgan fingerprint density at radius 1 is 1.33 bits per heavy atom. The van der Waals surface area contributed by atoms with Crippen molar-refractivity contribution in [1.29, 1.82) is 0 Å². The fourth-order valence-corrected chi connectivity index (χ4v) is 2.33. The van der Waals surface area contributed by atoms with E-state index < -0.39 is 0 Å². The van der Waals surface area contributed by atoms with Gasteiger partial charge in [-0.25, -0.2) is 9.97 Å². The summed E-state index contributed by atoms with van der Waals surface area (Å²) in [6.07, 6.45) is 1.30. The van der Waals surface area contributed by atoms with E-state index in [0.29, 0.717) is 23.7 Å². The van der Waals surface area contributed by atoms with Crippen molar-refractivity contribution >= 4 is 34.4 Å². The van der Waals surface area contributed by atoms with Crippen molar-refractivity contribution in [1.82, 2.24) is 18.7 Å². The van der Waals surface area contributed by atoms with Crippen LogP contribution in [0.4, 0.5) is 5.69 Å². The Morgan fingerprint density at radius 3 is 3.10 bits per heavy atom. The molecule has 0 unspecified atom stereocenters. The van der Waals surface area contributed by atoms with Crippen LogP contribution in [0, 0.1) is 0 Å². The van der Waals surface area contributed by atoms with Gasteiger partial charge in [0.05, 0.1) is 24.0 Å². The number of fused-ring (bicyclic) bond motifs is 1. The predicted octanol–water partition coefficient (Wildman–Crippen LogP) is 2.13. The number of hydrogen-bond acceptors (Lipinski definition) is 7. The molecule has 3 aromatic rings. The molecule has 0 spiro atoms. The van der Waals surface area contributed by atoms with Gasteiger partial charge in [-0.05, 0) is 19.1 Å². The van der Waals surface area contributed by atoms with Crippen LogP contribution in [0.25, 0.3) is 11.0 Å². The number of amides is 1. The first kappa shape index (κ1) is 13.4. The van der Waals surface area contributed by atoms with E-state index in [1.807, 2.05) is 19.1 Å². The minimum Gasteiger partial charge on any atom is -0.478 e. The number of rotatable bonds is 4. The number of carbonyl (C=O) groups excluding carboxylic acids is 1. The molecule has 1 amide bonds. The lowest BCUT2D eigenvalue weighted by Crippen LogP contribution is -2.14. The van der Waals surface area contributed by atoms with E-state index in [-0.39, 0.29) is 11.6 Å². The van der Waals surface area contributed by atoms with Gasteiger partial charge in [0.25, 0.3) is 5.91 Å². The van der Waals surface area contributed by atoms with E-state index in [9.17, 15) is 4.79 Å². The largest absolute Gasteiger partial charge is 0.478 e. The molecular formula is C13H11N5O2S. The Morgan fingerprint density at radius 2 is 2.24 bits per heavy atom. The molecule has 0 saturated heterocycles. The van der Waals surface area contributed by atoms with E-state index >= 15 is 0 Å². The summed E-state index contributed by atoms with van der Waals surface area (Å²) >= 11 is 1.10. The number of hydrogen-bond donors (Lipinski definition) is 1. The standard InChI is InChI=1S/C13H11N5O2S/c1-2-20-11-6-10(14-7-15-11)13(19)16-8-4-3-5-9-12(8)18-21-17-9/h3-7H,2H2,1H3,(H,16,19). The van der Waals surface area contributed by atoms with Gasteiger partial charge in [0.15, 0.2) is 0 Å². The van der Waals surface area contributed by atoms with Crippen molar-refractivity contribution in [3.63, 3.8) is 0 Å². The molecule has 2 heterocycles. The van der Waals surface area contributed by atoms with Crippen molar-refractivity contribution in [2.75, 3.05) is 11.9 Å². The van der Waals surface area contributed by atoms with Crippen molar-refractivity contribution < 1.29 is 9.53 Å². The number of nitrogens with zero attached hydrogens (tertiary/aromatic N) is 4. The number of carbonyl (C=O) groups is 1. The minimum atomic E-state index is -0.348. The molecule has 0 saturated carbocycles. The molecule has 0 atom stereocenters. The summed E-state index contributed by atoms with van der Waals surface area (Å²) in [5.74, 6) is 0.0186. The number of aromatic nitrogens is 4. The third kappa shape index (κ3) is 2.79. The number of nitrogens with one attached hydrogen (secondary N) is 1. The third-order valence-electron chi connectivity index (χ3n) is 2.70. The number of ether oxygens (including phenoxy) is 1. The average molecular weight is 301 g/mol. The lowest BCUT2D eigenvalue weighted by Gasteiger charge is -2.06. The van der Waals surface area contributed by atoms with E-state index in [0.717, 1.165) is 17.2 Å². The van der Waals surface area contributed by atoms with E-state index in [1.165, 1.54) is 12.4 Å². The van der Waals surface area contributed by atoms with Gasteiger partial charge in [-0.3, -0.25) is 4.79 Å². The maximum atomic E-state index is 12.2. The van der Waals surface area contributed by atoms with Gasteiger partial charge < -0.3 is 10.1 Å². The van der Waals surface area contributed by atoms with Gasteiger partial charge in [0, 0.05) is 6.07 Å². The Kier molecular flexibility index (Phi) is 3.69. The molecule has 106 valence electrons. The van der Waals surface area contributed by atoms with Gasteiger partial charge >= 0.3 is 0 Å². The highest BCUT2D eigenvalue weighted by atomic mass is 32.1. The molecule has 21 heavy (non-hydrogen) atoms. The maximum absolute atomic E-state index is 12.2. The molecule has 2 aromatic heterocycles. The van der Waals surface area contributed by atoms with Crippen LogP contribution in [0.3, 0.4) is 0 Å². The highest BCUT2D eigenvalue weighted by Crippen LogP contribution is 2.21. The zero-order valence-corrected chi connectivity index (χ0v) is 11.9. The summed E-state index contributed by atoms with van der Waals surface area (Å²) in [5.41, 5.74) is 2.24. The summed E-state index contributed by atoms with van der Waals surface area (Å²) in [4.78, 5) is 20.1. The maximum Gasteiger partial charge on any atom is 0.274 e. The average Bonchev–Trinajstić information content (AvgIpc) is 2.97. The van der Waals surface area contributed by atoms with Crippen LogP contribution in [0.15, 0.2) is 30.6 Å². The summed E-state index contributed by atoms with van der Waals surface area (Å²) in [7, 11) is 0. The van der Waals surface area contributed by atoms with E-state index in [1.54, 1.807) is 6.07 Å². The Bertz CT molecular complexity index is 789. The normalized spacial score (nSPS) is 10.5. The second-order valence-corrected chi connectivity index (χ2v) is 4.59. The van der Waals surface area contributed by atoms with E-state index in [2.05, 4.69) is 24.0 Å². The molecule has 0 aliphatic rings. The van der Waals surface area contributed by atoms with Crippen LogP contribution in [0.1, 0.15) is 17.4 Å².